The summed E-state index contributed by atoms with van der Waals surface area (Å²) in [6.07, 6.45) is 16.8. The first-order valence-electron chi connectivity index (χ1n) is 11.0. The van der Waals surface area contributed by atoms with Crippen LogP contribution in [0.25, 0.3) is 0 Å². The van der Waals surface area contributed by atoms with Crippen LogP contribution in [0, 0.1) is 11.8 Å². The Morgan fingerprint density at radius 3 is 1.08 bits per heavy atom. The van der Waals surface area contributed by atoms with Crippen molar-refractivity contribution in [1.29, 1.82) is 0 Å². The van der Waals surface area contributed by atoms with Crippen LogP contribution >= 0.6 is 0 Å². The summed E-state index contributed by atoms with van der Waals surface area (Å²) in [5, 5.41) is 19.0. The van der Waals surface area contributed by atoms with Crippen LogP contribution in [-0.2, 0) is 9.59 Å². The molecule has 0 aromatic rings. The molecule has 0 spiro atoms. The quantitative estimate of drug-likeness (QED) is 0.249. The second-order valence-electron chi connectivity index (χ2n) is 7.71. The Morgan fingerprint density at radius 2 is 0.808 bits per heavy atom. The highest BCUT2D eigenvalue weighted by Gasteiger charge is 2.32. The molecule has 0 aliphatic rings. The van der Waals surface area contributed by atoms with Crippen LogP contribution in [0.2, 0.25) is 0 Å². The third-order valence-electron chi connectivity index (χ3n) is 5.36. The number of carbonyl (C=O) groups is 2. The number of aliphatic carboxylic acids is 2. The average Bonchev–Trinajstić information content (AvgIpc) is 2.60. The Kier molecular flexibility index (Phi) is 16.7. The van der Waals surface area contributed by atoms with Crippen LogP contribution in [0.5, 0.6) is 0 Å². The number of hydrogen-bond donors (Lipinski definition) is 2. The summed E-state index contributed by atoms with van der Waals surface area (Å²) in [7, 11) is 0. The molecule has 154 valence electrons. The number of carboxylic acids is 2. The van der Waals surface area contributed by atoms with Crippen molar-refractivity contribution in [1.82, 2.24) is 0 Å². The van der Waals surface area contributed by atoms with Gasteiger partial charge >= 0.3 is 11.9 Å². The van der Waals surface area contributed by atoms with Crippen LogP contribution in [0.15, 0.2) is 0 Å². The van der Waals surface area contributed by atoms with E-state index in [1.54, 1.807) is 0 Å². The van der Waals surface area contributed by atoms with E-state index >= 15 is 0 Å². The first kappa shape index (κ1) is 24.9. The molecule has 4 nitrogen and oxygen atoms in total. The van der Waals surface area contributed by atoms with Crippen molar-refractivity contribution in [2.75, 3.05) is 0 Å². The van der Waals surface area contributed by atoms with Crippen LogP contribution < -0.4 is 0 Å². The third kappa shape index (κ3) is 13.2. The highest BCUT2D eigenvalue weighted by molar-refractivity contribution is 5.79. The molecule has 0 aliphatic carbocycles. The Balaban J connectivity index is 4.13. The monoisotopic (exact) mass is 370 g/mol. The van der Waals surface area contributed by atoms with Crippen molar-refractivity contribution in [3.63, 3.8) is 0 Å². The van der Waals surface area contributed by atoms with E-state index in [0.29, 0.717) is 12.8 Å². The van der Waals surface area contributed by atoms with Crippen LogP contribution in [0.1, 0.15) is 117 Å². The first-order chi connectivity index (χ1) is 12.5. The minimum Gasteiger partial charge on any atom is -0.481 e. The summed E-state index contributed by atoms with van der Waals surface area (Å²) in [4.78, 5) is 23.2. The third-order valence-corrected chi connectivity index (χ3v) is 5.36. The van der Waals surface area contributed by atoms with Gasteiger partial charge in [-0.15, -0.1) is 0 Å². The van der Waals surface area contributed by atoms with Crippen molar-refractivity contribution in [2.24, 2.45) is 11.8 Å². The molecular weight excluding hydrogens is 328 g/mol. The maximum Gasteiger partial charge on any atom is 0.307 e. The van der Waals surface area contributed by atoms with E-state index in [1.807, 2.05) is 0 Å². The van der Waals surface area contributed by atoms with Gasteiger partial charge in [0.2, 0.25) is 0 Å². The number of unbranched alkanes of at least 4 members (excludes halogenated alkanes) is 12. The molecule has 0 saturated carbocycles. The summed E-state index contributed by atoms with van der Waals surface area (Å²) >= 11 is 0. The van der Waals surface area contributed by atoms with Gasteiger partial charge in [-0.05, 0) is 12.8 Å². The topological polar surface area (TPSA) is 74.6 Å². The van der Waals surface area contributed by atoms with E-state index < -0.39 is 23.8 Å². The average molecular weight is 371 g/mol. The standard InChI is InChI=1S/C22H42O4/c1-3-5-7-9-11-12-14-16-18-20(22(25)26)19(21(23)24)17-15-13-10-8-6-4-2/h19-20H,3-18H2,1-2H3,(H,23,24)(H,25,26). The van der Waals surface area contributed by atoms with Crippen molar-refractivity contribution >= 4 is 11.9 Å². The lowest BCUT2D eigenvalue weighted by atomic mass is 9.84. The molecule has 0 aromatic carbocycles. The van der Waals surface area contributed by atoms with Gasteiger partial charge in [0, 0.05) is 0 Å². The lowest BCUT2D eigenvalue weighted by Crippen LogP contribution is -2.30. The summed E-state index contributed by atoms with van der Waals surface area (Å²) in [6, 6.07) is 0. The predicted octanol–water partition coefficient (Wildman–Crippen LogP) is 6.67. The normalized spacial score (nSPS) is 13.5. The molecule has 2 unspecified atom stereocenters. The van der Waals surface area contributed by atoms with E-state index in [4.69, 9.17) is 0 Å². The summed E-state index contributed by atoms with van der Waals surface area (Å²) in [5.41, 5.74) is 0. The highest BCUT2D eigenvalue weighted by atomic mass is 16.4. The summed E-state index contributed by atoms with van der Waals surface area (Å²) in [6.45, 7) is 4.37. The van der Waals surface area contributed by atoms with Crippen molar-refractivity contribution in [3.8, 4) is 0 Å². The molecule has 0 rings (SSSR count). The smallest absolute Gasteiger partial charge is 0.307 e. The molecular formula is C22H42O4. The van der Waals surface area contributed by atoms with Crippen LogP contribution in [0.3, 0.4) is 0 Å². The van der Waals surface area contributed by atoms with Gasteiger partial charge in [0.05, 0.1) is 11.8 Å². The molecule has 4 heteroatoms. The molecule has 0 bridgehead atoms. The minimum absolute atomic E-state index is 0.495. The van der Waals surface area contributed by atoms with Gasteiger partial charge in [-0.25, -0.2) is 0 Å². The molecule has 0 aromatic heterocycles. The number of carboxylic acid groups (broad SMARTS) is 2. The molecule has 0 fully saturated rings. The van der Waals surface area contributed by atoms with E-state index in [-0.39, 0.29) is 0 Å². The summed E-state index contributed by atoms with van der Waals surface area (Å²) in [5.74, 6) is -3.34. The van der Waals surface area contributed by atoms with Crippen molar-refractivity contribution < 1.29 is 19.8 Å². The van der Waals surface area contributed by atoms with E-state index in [2.05, 4.69) is 13.8 Å². The zero-order chi connectivity index (χ0) is 19.6. The molecule has 0 amide bonds. The van der Waals surface area contributed by atoms with E-state index in [9.17, 15) is 19.8 Å². The van der Waals surface area contributed by atoms with Gasteiger partial charge in [-0.1, -0.05) is 104 Å². The Labute approximate surface area is 160 Å². The lowest BCUT2D eigenvalue weighted by molar-refractivity contribution is -0.154. The lowest BCUT2D eigenvalue weighted by Gasteiger charge is -2.20. The predicted molar refractivity (Wildman–Crippen MR) is 107 cm³/mol. The van der Waals surface area contributed by atoms with Crippen molar-refractivity contribution in [2.45, 2.75) is 117 Å². The fraction of sp³-hybridized carbons (Fsp3) is 0.909. The maximum absolute atomic E-state index is 11.6. The zero-order valence-electron chi connectivity index (χ0n) is 17.2. The van der Waals surface area contributed by atoms with Gasteiger partial charge in [0.15, 0.2) is 0 Å². The van der Waals surface area contributed by atoms with Crippen molar-refractivity contribution in [3.05, 3.63) is 0 Å². The molecule has 0 saturated heterocycles. The zero-order valence-corrected chi connectivity index (χ0v) is 17.2. The Bertz CT molecular complexity index is 354. The van der Waals surface area contributed by atoms with Crippen LogP contribution in [-0.4, -0.2) is 22.2 Å². The highest BCUT2D eigenvalue weighted by Crippen LogP contribution is 2.26. The molecule has 0 aliphatic heterocycles. The second kappa shape index (κ2) is 17.4. The fourth-order valence-electron chi connectivity index (χ4n) is 3.64. The van der Waals surface area contributed by atoms with E-state index in [1.165, 1.54) is 51.4 Å². The number of hydrogen-bond acceptors (Lipinski definition) is 2. The molecule has 0 heterocycles. The first-order valence-corrected chi connectivity index (χ1v) is 11.0. The molecule has 2 N–H and O–H groups in total. The van der Waals surface area contributed by atoms with Gasteiger partial charge in [0.25, 0.3) is 0 Å². The number of rotatable bonds is 19. The van der Waals surface area contributed by atoms with Gasteiger partial charge in [0.1, 0.15) is 0 Å². The van der Waals surface area contributed by atoms with E-state index in [0.717, 1.165) is 38.5 Å². The molecule has 26 heavy (non-hydrogen) atoms. The van der Waals surface area contributed by atoms with Gasteiger partial charge < -0.3 is 10.2 Å². The van der Waals surface area contributed by atoms with Gasteiger partial charge in [-0.3, -0.25) is 9.59 Å². The molecule has 2 atom stereocenters. The fourth-order valence-corrected chi connectivity index (χ4v) is 3.64. The summed E-state index contributed by atoms with van der Waals surface area (Å²) < 4.78 is 0. The molecule has 0 radical (unpaired) electrons. The Hall–Kier alpha value is -1.06. The largest absolute Gasteiger partial charge is 0.481 e. The van der Waals surface area contributed by atoms with Gasteiger partial charge in [-0.2, -0.15) is 0 Å². The van der Waals surface area contributed by atoms with Crippen LogP contribution in [0.4, 0.5) is 0 Å². The SMILES string of the molecule is CCCCCCCCCCC(C(=O)O)C(CCCCCCCC)C(=O)O. The maximum atomic E-state index is 11.6. The minimum atomic E-state index is -0.939. The second-order valence-corrected chi connectivity index (χ2v) is 7.71. The Morgan fingerprint density at radius 1 is 0.538 bits per heavy atom.